The van der Waals surface area contributed by atoms with Gasteiger partial charge in [0.25, 0.3) is 0 Å². The summed E-state index contributed by atoms with van der Waals surface area (Å²) >= 11 is 3.79. The molecule has 0 radical (unpaired) electrons. The van der Waals surface area contributed by atoms with Crippen LogP contribution in [0.2, 0.25) is 0 Å². The van der Waals surface area contributed by atoms with E-state index in [2.05, 4.69) is 15.9 Å². The van der Waals surface area contributed by atoms with Gasteiger partial charge in [-0.1, -0.05) is 28.8 Å². The minimum Gasteiger partial charge on any atom is -0.497 e. The molecule has 2 atom stereocenters. The first-order chi connectivity index (χ1) is 8.79. The second-order valence-electron chi connectivity index (χ2n) is 4.87. The highest BCUT2D eigenvalue weighted by atomic mass is 79.9. The van der Waals surface area contributed by atoms with Crippen LogP contribution in [-0.4, -0.2) is 18.5 Å². The predicted octanol–water partition coefficient (Wildman–Crippen LogP) is 4.42. The van der Waals surface area contributed by atoms with Gasteiger partial charge in [-0.15, -0.1) is 0 Å². The number of halogens is 1. The molecule has 3 heteroatoms. The summed E-state index contributed by atoms with van der Waals surface area (Å²) in [5.74, 6) is 2.57. The van der Waals surface area contributed by atoms with Crippen molar-refractivity contribution in [2.45, 2.75) is 36.9 Å². The molecule has 0 spiro atoms. The van der Waals surface area contributed by atoms with E-state index in [1.54, 1.807) is 7.11 Å². The molecule has 0 heterocycles. The molecular weight excluding hydrogens is 292 g/mol. The minimum atomic E-state index is 0.686. The van der Waals surface area contributed by atoms with Gasteiger partial charge in [-0.25, -0.2) is 0 Å². The van der Waals surface area contributed by atoms with Gasteiger partial charge < -0.3 is 9.47 Å². The molecule has 1 aromatic rings. The van der Waals surface area contributed by atoms with Gasteiger partial charge >= 0.3 is 0 Å². The van der Waals surface area contributed by atoms with E-state index in [0.29, 0.717) is 4.83 Å². The molecule has 2 rings (SSSR count). The number of alkyl halides is 1. The van der Waals surface area contributed by atoms with Crippen LogP contribution in [0.3, 0.4) is 0 Å². The van der Waals surface area contributed by atoms with Crippen LogP contribution >= 0.6 is 15.9 Å². The quantitative estimate of drug-likeness (QED) is 0.749. The van der Waals surface area contributed by atoms with Gasteiger partial charge in [0.15, 0.2) is 0 Å². The Morgan fingerprint density at radius 1 is 1.11 bits per heavy atom. The van der Waals surface area contributed by atoms with E-state index in [1.165, 1.54) is 25.7 Å². The Labute approximate surface area is 118 Å². The van der Waals surface area contributed by atoms with Crippen molar-refractivity contribution in [1.29, 1.82) is 0 Å². The molecule has 0 aromatic heterocycles. The van der Waals surface area contributed by atoms with E-state index < -0.39 is 0 Å². The Kier molecular flexibility index (Phi) is 5.36. The van der Waals surface area contributed by atoms with Crippen LogP contribution < -0.4 is 9.47 Å². The molecule has 1 fully saturated rings. The van der Waals surface area contributed by atoms with E-state index >= 15 is 0 Å². The maximum absolute atomic E-state index is 5.78. The molecule has 1 aliphatic rings. The second kappa shape index (κ2) is 7.03. The lowest BCUT2D eigenvalue weighted by molar-refractivity contribution is 0.252. The largest absolute Gasteiger partial charge is 0.497 e. The summed E-state index contributed by atoms with van der Waals surface area (Å²) in [7, 11) is 1.68. The molecule has 0 saturated heterocycles. The Hall–Kier alpha value is -0.700. The molecule has 1 saturated carbocycles. The van der Waals surface area contributed by atoms with Crippen molar-refractivity contribution < 1.29 is 9.47 Å². The molecule has 0 aliphatic heterocycles. The first kappa shape index (κ1) is 13.7. The average molecular weight is 313 g/mol. The summed E-state index contributed by atoms with van der Waals surface area (Å²) in [5, 5.41) is 0. The molecule has 0 N–H and O–H groups in total. The second-order valence-corrected chi connectivity index (χ2v) is 6.05. The summed E-state index contributed by atoms with van der Waals surface area (Å²) in [6.45, 7) is 0.805. The summed E-state index contributed by atoms with van der Waals surface area (Å²) in [5.41, 5.74) is 0. The topological polar surface area (TPSA) is 18.5 Å². The number of rotatable bonds is 5. The summed E-state index contributed by atoms with van der Waals surface area (Å²) < 4.78 is 10.9. The van der Waals surface area contributed by atoms with Crippen molar-refractivity contribution in [3.05, 3.63) is 24.3 Å². The van der Waals surface area contributed by atoms with E-state index in [9.17, 15) is 0 Å². The molecule has 0 bridgehead atoms. The molecule has 100 valence electrons. The fourth-order valence-corrected chi connectivity index (χ4v) is 3.34. The monoisotopic (exact) mass is 312 g/mol. The highest BCUT2D eigenvalue weighted by molar-refractivity contribution is 9.09. The predicted molar refractivity (Wildman–Crippen MR) is 77.8 cm³/mol. The first-order valence-electron chi connectivity index (χ1n) is 6.70. The Morgan fingerprint density at radius 2 is 1.78 bits per heavy atom. The number of hydrogen-bond acceptors (Lipinski definition) is 2. The van der Waals surface area contributed by atoms with Crippen LogP contribution in [-0.2, 0) is 0 Å². The van der Waals surface area contributed by atoms with E-state index in [1.807, 2.05) is 24.3 Å². The minimum absolute atomic E-state index is 0.686. The van der Waals surface area contributed by atoms with Crippen molar-refractivity contribution in [2.75, 3.05) is 13.7 Å². The maximum Gasteiger partial charge on any atom is 0.119 e. The number of ether oxygens (including phenoxy) is 2. The fourth-order valence-electron chi connectivity index (χ4n) is 2.49. The number of methoxy groups -OCH3 is 1. The van der Waals surface area contributed by atoms with Crippen LogP contribution in [0.4, 0.5) is 0 Å². The Morgan fingerprint density at radius 3 is 2.44 bits per heavy atom. The van der Waals surface area contributed by atoms with Crippen LogP contribution in [0.25, 0.3) is 0 Å². The van der Waals surface area contributed by atoms with Crippen LogP contribution in [0.5, 0.6) is 11.5 Å². The van der Waals surface area contributed by atoms with Crippen molar-refractivity contribution in [2.24, 2.45) is 5.92 Å². The van der Waals surface area contributed by atoms with Gasteiger partial charge in [-0.05, 0) is 49.4 Å². The van der Waals surface area contributed by atoms with Crippen molar-refractivity contribution >= 4 is 15.9 Å². The third kappa shape index (κ3) is 3.91. The maximum atomic E-state index is 5.78. The van der Waals surface area contributed by atoms with Crippen molar-refractivity contribution in [3.63, 3.8) is 0 Å². The molecule has 18 heavy (non-hydrogen) atoms. The lowest BCUT2D eigenvalue weighted by atomic mass is 9.87. The molecule has 2 nitrogen and oxygen atoms in total. The summed E-state index contributed by atoms with van der Waals surface area (Å²) in [6.07, 6.45) is 6.53. The first-order valence-corrected chi connectivity index (χ1v) is 7.62. The SMILES string of the molecule is COc1ccc(OCCC2CCCCC2Br)cc1. The van der Waals surface area contributed by atoms with Crippen LogP contribution in [0.15, 0.2) is 24.3 Å². The van der Waals surface area contributed by atoms with Gasteiger partial charge in [-0.3, -0.25) is 0 Å². The van der Waals surface area contributed by atoms with Gasteiger partial charge in [0.1, 0.15) is 11.5 Å². The third-order valence-electron chi connectivity index (χ3n) is 3.63. The molecule has 0 amide bonds. The lowest BCUT2D eigenvalue weighted by Gasteiger charge is -2.27. The van der Waals surface area contributed by atoms with Crippen LogP contribution in [0, 0.1) is 5.92 Å². The lowest BCUT2D eigenvalue weighted by Crippen LogP contribution is -2.21. The number of hydrogen-bond donors (Lipinski definition) is 0. The molecule has 2 unspecified atom stereocenters. The zero-order valence-electron chi connectivity index (χ0n) is 10.9. The van der Waals surface area contributed by atoms with Crippen LogP contribution in [0.1, 0.15) is 32.1 Å². The normalized spacial score (nSPS) is 23.7. The van der Waals surface area contributed by atoms with Crippen molar-refractivity contribution in [1.82, 2.24) is 0 Å². The zero-order valence-corrected chi connectivity index (χ0v) is 12.5. The summed E-state index contributed by atoms with van der Waals surface area (Å²) in [4.78, 5) is 0.686. The molecule has 1 aromatic carbocycles. The van der Waals surface area contributed by atoms with E-state index in [4.69, 9.17) is 9.47 Å². The fraction of sp³-hybridized carbons (Fsp3) is 0.600. The number of benzene rings is 1. The standard InChI is InChI=1S/C15H21BrO2/c1-17-13-6-8-14(9-7-13)18-11-10-12-4-2-3-5-15(12)16/h6-9,12,15H,2-5,10-11H2,1H3. The Balaban J connectivity index is 1.73. The van der Waals surface area contributed by atoms with E-state index in [-0.39, 0.29) is 0 Å². The van der Waals surface area contributed by atoms with Gasteiger partial charge in [-0.2, -0.15) is 0 Å². The van der Waals surface area contributed by atoms with Crippen molar-refractivity contribution in [3.8, 4) is 11.5 Å². The highest BCUT2D eigenvalue weighted by Gasteiger charge is 2.22. The average Bonchev–Trinajstić information content (AvgIpc) is 2.42. The van der Waals surface area contributed by atoms with Gasteiger partial charge in [0, 0.05) is 4.83 Å². The highest BCUT2D eigenvalue weighted by Crippen LogP contribution is 2.32. The Bertz CT molecular complexity index is 350. The third-order valence-corrected chi connectivity index (χ3v) is 4.84. The van der Waals surface area contributed by atoms with Gasteiger partial charge in [0.05, 0.1) is 13.7 Å². The van der Waals surface area contributed by atoms with Gasteiger partial charge in [0.2, 0.25) is 0 Å². The molecule has 1 aliphatic carbocycles. The smallest absolute Gasteiger partial charge is 0.119 e. The molecular formula is C15H21BrO2. The zero-order chi connectivity index (χ0) is 12.8. The van der Waals surface area contributed by atoms with E-state index in [0.717, 1.165) is 30.4 Å². The summed E-state index contributed by atoms with van der Waals surface area (Å²) in [6, 6.07) is 7.79.